The van der Waals surface area contributed by atoms with Crippen LogP contribution in [0.15, 0.2) is 6.20 Å². The highest BCUT2D eigenvalue weighted by Crippen LogP contribution is 2.06. The van der Waals surface area contributed by atoms with E-state index >= 15 is 0 Å². The van der Waals surface area contributed by atoms with Crippen LogP contribution < -0.4 is 5.32 Å². The molecule has 0 spiro atoms. The second-order valence-corrected chi connectivity index (χ2v) is 4.72. The molecule has 0 saturated carbocycles. The second-order valence-electron chi connectivity index (χ2n) is 4.72. The molecule has 19 heavy (non-hydrogen) atoms. The zero-order chi connectivity index (χ0) is 14.3. The maximum Gasteiger partial charge on any atom is 0.339 e. The molecule has 6 nitrogen and oxygen atoms in total. The summed E-state index contributed by atoms with van der Waals surface area (Å²) in [7, 11) is 0. The Hall–Kier alpha value is -1.69. The van der Waals surface area contributed by atoms with E-state index in [1.807, 2.05) is 0 Å². The minimum atomic E-state index is -1.01. The van der Waals surface area contributed by atoms with E-state index in [2.05, 4.69) is 29.1 Å². The van der Waals surface area contributed by atoms with Crippen LogP contribution >= 0.6 is 0 Å². The number of carboxylic acid groups (broad SMARTS) is 1. The van der Waals surface area contributed by atoms with Gasteiger partial charge in [0.15, 0.2) is 0 Å². The van der Waals surface area contributed by atoms with Gasteiger partial charge in [-0.3, -0.25) is 0 Å². The minimum Gasteiger partial charge on any atom is -0.478 e. The van der Waals surface area contributed by atoms with Crippen LogP contribution in [0.2, 0.25) is 0 Å². The lowest BCUT2D eigenvalue weighted by Crippen LogP contribution is -2.14. The summed E-state index contributed by atoms with van der Waals surface area (Å²) in [6, 6.07) is 0. The van der Waals surface area contributed by atoms with Crippen LogP contribution in [0.25, 0.3) is 0 Å². The van der Waals surface area contributed by atoms with Gasteiger partial charge in [-0.15, -0.1) is 0 Å². The molecule has 0 saturated heterocycles. The largest absolute Gasteiger partial charge is 0.478 e. The van der Waals surface area contributed by atoms with E-state index in [1.54, 1.807) is 6.92 Å². The van der Waals surface area contributed by atoms with Gasteiger partial charge in [-0.05, 0) is 19.3 Å². The summed E-state index contributed by atoms with van der Waals surface area (Å²) >= 11 is 0. The molecule has 0 aromatic carbocycles. The fraction of sp³-hybridized carbons (Fsp3) is 0.615. The molecule has 0 aliphatic heterocycles. The van der Waals surface area contributed by atoms with Crippen LogP contribution in [-0.4, -0.2) is 40.8 Å². The molecule has 0 fully saturated rings. The van der Waals surface area contributed by atoms with Gasteiger partial charge in [0, 0.05) is 19.3 Å². The summed E-state index contributed by atoms with van der Waals surface area (Å²) in [4.78, 5) is 18.8. The average Bonchev–Trinajstić information content (AvgIpc) is 2.32. The van der Waals surface area contributed by atoms with Gasteiger partial charge in [0.2, 0.25) is 5.95 Å². The zero-order valence-corrected chi connectivity index (χ0v) is 11.6. The lowest BCUT2D eigenvalue weighted by Gasteiger charge is -2.08. The molecule has 0 bridgehead atoms. The van der Waals surface area contributed by atoms with Crippen LogP contribution in [0.4, 0.5) is 5.95 Å². The summed E-state index contributed by atoms with van der Waals surface area (Å²) in [5.41, 5.74) is 0.574. The van der Waals surface area contributed by atoms with Gasteiger partial charge in [-0.1, -0.05) is 13.8 Å². The number of anilines is 1. The molecular formula is C13H21N3O3. The van der Waals surface area contributed by atoms with Gasteiger partial charge >= 0.3 is 5.97 Å². The van der Waals surface area contributed by atoms with Crippen molar-refractivity contribution in [3.63, 3.8) is 0 Å². The molecule has 0 radical (unpaired) electrons. The molecule has 1 aromatic heterocycles. The Morgan fingerprint density at radius 2 is 2.21 bits per heavy atom. The van der Waals surface area contributed by atoms with Gasteiger partial charge in [0.25, 0.3) is 0 Å². The van der Waals surface area contributed by atoms with Crippen molar-refractivity contribution >= 4 is 11.9 Å². The number of carboxylic acids is 1. The van der Waals surface area contributed by atoms with E-state index in [0.717, 1.165) is 13.0 Å². The fourth-order valence-electron chi connectivity index (χ4n) is 1.42. The van der Waals surface area contributed by atoms with Crippen molar-refractivity contribution in [2.75, 3.05) is 25.1 Å². The van der Waals surface area contributed by atoms with Crippen molar-refractivity contribution in [1.29, 1.82) is 0 Å². The van der Waals surface area contributed by atoms with Gasteiger partial charge < -0.3 is 15.2 Å². The number of ether oxygens (including phenoxy) is 1. The van der Waals surface area contributed by atoms with Crippen LogP contribution in [0.3, 0.4) is 0 Å². The Labute approximate surface area is 113 Å². The number of aromatic nitrogens is 2. The molecule has 0 amide bonds. The molecule has 1 heterocycles. The Morgan fingerprint density at radius 1 is 1.47 bits per heavy atom. The van der Waals surface area contributed by atoms with Crippen molar-refractivity contribution in [1.82, 2.24) is 9.97 Å². The Kier molecular flexibility index (Phi) is 6.21. The predicted octanol–water partition coefficient (Wildman–Crippen LogP) is 1.96. The smallest absolute Gasteiger partial charge is 0.339 e. The summed E-state index contributed by atoms with van der Waals surface area (Å²) in [5.74, 6) is 0.0542. The zero-order valence-electron chi connectivity index (χ0n) is 11.6. The molecular weight excluding hydrogens is 246 g/mol. The minimum absolute atomic E-state index is 0.124. The Morgan fingerprint density at radius 3 is 2.79 bits per heavy atom. The average molecular weight is 267 g/mol. The van der Waals surface area contributed by atoms with Crippen molar-refractivity contribution in [3.8, 4) is 0 Å². The topological polar surface area (TPSA) is 84.3 Å². The lowest BCUT2D eigenvalue weighted by molar-refractivity contribution is 0.0695. The molecule has 0 atom stereocenters. The molecule has 0 unspecified atom stereocenters. The number of carbonyl (C=O) groups is 1. The quantitative estimate of drug-likeness (QED) is 0.700. The van der Waals surface area contributed by atoms with Gasteiger partial charge in [0.1, 0.15) is 0 Å². The standard InChI is InChI=1S/C13H21N3O3/c1-9(2)4-6-19-7-5-14-13-15-8-11(12(17)18)10(3)16-13/h8-9H,4-7H2,1-3H3,(H,17,18)(H,14,15,16). The van der Waals surface area contributed by atoms with Crippen molar-refractivity contribution in [2.45, 2.75) is 27.2 Å². The number of aryl methyl sites for hydroxylation is 1. The SMILES string of the molecule is Cc1nc(NCCOCCC(C)C)ncc1C(=O)O. The van der Waals surface area contributed by atoms with E-state index in [9.17, 15) is 4.79 Å². The van der Waals surface area contributed by atoms with Crippen LogP contribution in [0.1, 0.15) is 36.3 Å². The fourth-order valence-corrected chi connectivity index (χ4v) is 1.42. The number of rotatable bonds is 8. The van der Waals surface area contributed by atoms with E-state index < -0.39 is 5.97 Å². The number of hydrogen-bond donors (Lipinski definition) is 2. The summed E-state index contributed by atoms with van der Waals surface area (Å²) in [6.07, 6.45) is 2.36. The first-order valence-corrected chi connectivity index (χ1v) is 6.39. The summed E-state index contributed by atoms with van der Waals surface area (Å²) in [6.45, 7) is 7.89. The molecule has 6 heteroatoms. The number of nitrogens with one attached hydrogen (secondary N) is 1. The Bertz CT molecular complexity index is 422. The maximum atomic E-state index is 10.8. The number of nitrogens with zero attached hydrogens (tertiary/aromatic N) is 2. The third-order valence-electron chi connectivity index (χ3n) is 2.58. The summed E-state index contributed by atoms with van der Waals surface area (Å²) in [5, 5.41) is 11.9. The van der Waals surface area contributed by atoms with E-state index in [4.69, 9.17) is 9.84 Å². The van der Waals surface area contributed by atoms with Crippen molar-refractivity contribution < 1.29 is 14.6 Å². The molecule has 1 aromatic rings. The van der Waals surface area contributed by atoms with E-state index in [1.165, 1.54) is 6.20 Å². The van der Waals surface area contributed by atoms with Crippen LogP contribution in [0, 0.1) is 12.8 Å². The monoisotopic (exact) mass is 267 g/mol. The third-order valence-corrected chi connectivity index (χ3v) is 2.58. The highest BCUT2D eigenvalue weighted by atomic mass is 16.5. The highest BCUT2D eigenvalue weighted by Gasteiger charge is 2.09. The normalized spacial score (nSPS) is 10.7. The van der Waals surface area contributed by atoms with Crippen molar-refractivity contribution in [2.24, 2.45) is 5.92 Å². The van der Waals surface area contributed by atoms with Gasteiger partial charge in [0.05, 0.1) is 17.9 Å². The first-order valence-electron chi connectivity index (χ1n) is 6.39. The highest BCUT2D eigenvalue weighted by molar-refractivity contribution is 5.88. The van der Waals surface area contributed by atoms with Gasteiger partial charge in [-0.2, -0.15) is 0 Å². The Balaban J connectivity index is 2.30. The van der Waals surface area contributed by atoms with E-state index in [-0.39, 0.29) is 5.56 Å². The summed E-state index contributed by atoms with van der Waals surface area (Å²) < 4.78 is 5.45. The molecule has 106 valence electrons. The van der Waals surface area contributed by atoms with E-state index in [0.29, 0.717) is 30.7 Å². The van der Waals surface area contributed by atoms with Crippen LogP contribution in [-0.2, 0) is 4.74 Å². The second kappa shape index (κ2) is 7.68. The van der Waals surface area contributed by atoms with Gasteiger partial charge in [-0.25, -0.2) is 14.8 Å². The molecule has 0 aliphatic carbocycles. The van der Waals surface area contributed by atoms with Crippen molar-refractivity contribution in [3.05, 3.63) is 17.5 Å². The predicted molar refractivity (Wildman–Crippen MR) is 72.5 cm³/mol. The first-order chi connectivity index (χ1) is 9.00. The number of aromatic carboxylic acids is 1. The first kappa shape index (κ1) is 15.4. The molecule has 1 rings (SSSR count). The maximum absolute atomic E-state index is 10.8. The molecule has 2 N–H and O–H groups in total. The number of hydrogen-bond acceptors (Lipinski definition) is 5. The third kappa shape index (κ3) is 5.65. The lowest BCUT2D eigenvalue weighted by atomic mass is 10.1. The molecule has 0 aliphatic rings. The van der Waals surface area contributed by atoms with Crippen LogP contribution in [0.5, 0.6) is 0 Å².